The van der Waals surface area contributed by atoms with E-state index in [1.165, 1.54) is 5.56 Å². The van der Waals surface area contributed by atoms with E-state index in [0.29, 0.717) is 12.5 Å². The van der Waals surface area contributed by atoms with Crippen LogP contribution in [0.4, 0.5) is 0 Å². The largest absolute Gasteiger partial charge is 0.491 e. The van der Waals surface area contributed by atoms with E-state index in [-0.39, 0.29) is 6.61 Å². The van der Waals surface area contributed by atoms with Crippen LogP contribution in [0, 0.1) is 0 Å². The fraction of sp³-hybridized carbons (Fsp3) is 0.409. The number of aliphatic hydroxyl groups is 1. The zero-order valence-electron chi connectivity index (χ0n) is 15.9. The fourth-order valence-electron chi connectivity index (χ4n) is 3.22. The molecule has 0 saturated carbocycles. The van der Waals surface area contributed by atoms with Crippen molar-refractivity contribution in [2.75, 3.05) is 6.61 Å². The number of ether oxygens (including phenoxy) is 1. The summed E-state index contributed by atoms with van der Waals surface area (Å²) in [5, 5.41) is 10.5. The van der Waals surface area contributed by atoms with Crippen LogP contribution < -0.4 is 4.74 Å². The van der Waals surface area contributed by atoms with E-state index in [1.54, 1.807) is 0 Å². The number of rotatable bonds is 8. The Morgan fingerprint density at radius 3 is 2.50 bits per heavy atom. The zero-order chi connectivity index (χ0) is 18.5. The predicted octanol–water partition coefficient (Wildman–Crippen LogP) is 4.55. The van der Waals surface area contributed by atoms with Gasteiger partial charge in [-0.05, 0) is 36.2 Å². The van der Waals surface area contributed by atoms with E-state index in [9.17, 15) is 5.11 Å². The first-order valence-corrected chi connectivity index (χ1v) is 9.43. The van der Waals surface area contributed by atoms with Crippen LogP contribution in [0.1, 0.15) is 44.5 Å². The minimum absolute atomic E-state index is 0.261. The molecule has 0 fully saturated rings. The molecule has 0 aliphatic rings. The molecule has 1 heterocycles. The molecule has 0 saturated heterocycles. The van der Waals surface area contributed by atoms with E-state index < -0.39 is 6.10 Å². The van der Waals surface area contributed by atoms with Crippen molar-refractivity contribution in [2.45, 2.75) is 52.2 Å². The summed E-state index contributed by atoms with van der Waals surface area (Å²) in [6.07, 6.45) is 1.62. The van der Waals surface area contributed by atoms with Gasteiger partial charge in [0.15, 0.2) is 0 Å². The molecule has 4 heteroatoms. The number of benzene rings is 2. The van der Waals surface area contributed by atoms with Crippen LogP contribution in [0.5, 0.6) is 5.75 Å². The van der Waals surface area contributed by atoms with Gasteiger partial charge in [-0.2, -0.15) is 0 Å². The van der Waals surface area contributed by atoms with Crippen molar-refractivity contribution >= 4 is 11.0 Å². The number of aliphatic hydroxyl groups excluding tert-OH is 1. The third-order valence-corrected chi connectivity index (χ3v) is 4.50. The van der Waals surface area contributed by atoms with E-state index >= 15 is 0 Å². The van der Waals surface area contributed by atoms with Gasteiger partial charge in [-0.25, -0.2) is 4.98 Å². The summed E-state index contributed by atoms with van der Waals surface area (Å²) in [6, 6.07) is 16.2. The Kier molecular flexibility index (Phi) is 5.94. The maximum atomic E-state index is 10.5. The van der Waals surface area contributed by atoms with Gasteiger partial charge >= 0.3 is 0 Å². The third-order valence-electron chi connectivity index (χ3n) is 4.50. The molecular weight excluding hydrogens is 324 g/mol. The number of para-hydroxylation sites is 2. The lowest BCUT2D eigenvalue weighted by Crippen LogP contribution is -2.24. The predicted molar refractivity (Wildman–Crippen MR) is 106 cm³/mol. The first kappa shape index (κ1) is 18.5. The van der Waals surface area contributed by atoms with Crippen molar-refractivity contribution in [2.24, 2.45) is 0 Å². The minimum Gasteiger partial charge on any atom is -0.491 e. The second-order valence-corrected chi connectivity index (χ2v) is 7.08. The van der Waals surface area contributed by atoms with Crippen molar-refractivity contribution in [1.82, 2.24) is 9.55 Å². The molecule has 1 aromatic heterocycles. The molecule has 138 valence electrons. The Morgan fingerprint density at radius 1 is 1.08 bits per heavy atom. The molecule has 1 atom stereocenters. The van der Waals surface area contributed by atoms with Crippen molar-refractivity contribution in [3.8, 4) is 5.75 Å². The van der Waals surface area contributed by atoms with Crippen molar-refractivity contribution in [3.63, 3.8) is 0 Å². The van der Waals surface area contributed by atoms with Gasteiger partial charge in [0, 0.05) is 5.92 Å². The smallest absolute Gasteiger partial charge is 0.119 e. The Hall–Kier alpha value is -2.33. The van der Waals surface area contributed by atoms with E-state index in [4.69, 9.17) is 9.72 Å². The number of aromatic nitrogens is 2. The number of aryl methyl sites for hydroxylation is 1. The molecule has 2 aromatic carbocycles. The minimum atomic E-state index is -0.597. The molecule has 4 nitrogen and oxygen atoms in total. The molecule has 0 radical (unpaired) electrons. The van der Waals surface area contributed by atoms with Crippen LogP contribution in [0.3, 0.4) is 0 Å². The molecule has 0 amide bonds. The lowest BCUT2D eigenvalue weighted by Gasteiger charge is -2.17. The van der Waals surface area contributed by atoms with Gasteiger partial charge in [-0.3, -0.25) is 0 Å². The second kappa shape index (κ2) is 8.37. The maximum absolute atomic E-state index is 10.5. The molecule has 0 aliphatic carbocycles. The summed E-state index contributed by atoms with van der Waals surface area (Å²) < 4.78 is 7.89. The molecule has 3 aromatic rings. The highest BCUT2D eigenvalue weighted by Crippen LogP contribution is 2.22. The van der Waals surface area contributed by atoms with Crippen molar-refractivity contribution in [1.29, 1.82) is 0 Å². The lowest BCUT2D eigenvalue weighted by molar-refractivity contribution is 0.0925. The summed E-state index contributed by atoms with van der Waals surface area (Å²) in [4.78, 5) is 4.72. The quantitative estimate of drug-likeness (QED) is 0.647. The van der Waals surface area contributed by atoms with Gasteiger partial charge < -0.3 is 14.4 Å². The summed E-state index contributed by atoms with van der Waals surface area (Å²) in [5.41, 5.74) is 3.34. The van der Waals surface area contributed by atoms with Crippen molar-refractivity contribution < 1.29 is 9.84 Å². The average Bonchev–Trinajstić information content (AvgIpc) is 3.00. The highest BCUT2D eigenvalue weighted by Gasteiger charge is 2.16. The first-order chi connectivity index (χ1) is 12.6. The average molecular weight is 352 g/mol. The van der Waals surface area contributed by atoms with Crippen LogP contribution in [0.2, 0.25) is 0 Å². The Balaban J connectivity index is 1.67. The Labute approximate surface area is 155 Å². The topological polar surface area (TPSA) is 47.3 Å². The zero-order valence-corrected chi connectivity index (χ0v) is 15.9. The number of fused-ring (bicyclic) bond motifs is 1. The molecule has 1 unspecified atom stereocenters. The molecule has 1 N–H and O–H groups in total. The maximum Gasteiger partial charge on any atom is 0.119 e. The SMILES string of the molecule is CCCc1ccc(OCC(O)Cn2c(C(C)C)nc3ccccc32)cc1. The summed E-state index contributed by atoms with van der Waals surface area (Å²) in [7, 11) is 0. The van der Waals surface area contributed by atoms with E-state index in [2.05, 4.69) is 37.5 Å². The van der Waals surface area contributed by atoms with Gasteiger partial charge in [-0.15, -0.1) is 0 Å². The van der Waals surface area contributed by atoms with Gasteiger partial charge in [-0.1, -0.05) is 51.5 Å². The second-order valence-electron chi connectivity index (χ2n) is 7.08. The van der Waals surface area contributed by atoms with Crippen LogP contribution in [0.15, 0.2) is 48.5 Å². The normalized spacial score (nSPS) is 12.7. The highest BCUT2D eigenvalue weighted by atomic mass is 16.5. The Bertz CT molecular complexity index is 837. The monoisotopic (exact) mass is 352 g/mol. The van der Waals surface area contributed by atoms with Crippen LogP contribution in [-0.2, 0) is 13.0 Å². The molecule has 0 spiro atoms. The van der Waals surface area contributed by atoms with Crippen molar-refractivity contribution in [3.05, 3.63) is 59.9 Å². The highest BCUT2D eigenvalue weighted by molar-refractivity contribution is 5.76. The Morgan fingerprint density at radius 2 is 1.81 bits per heavy atom. The molecule has 0 aliphatic heterocycles. The van der Waals surface area contributed by atoms with Gasteiger partial charge in [0.05, 0.1) is 17.6 Å². The standard InChI is InChI=1S/C22H28N2O2/c1-4-7-17-10-12-19(13-11-17)26-15-18(25)14-24-21-9-6-5-8-20(21)23-22(24)16(2)3/h5-6,8-13,16,18,25H,4,7,14-15H2,1-3H3. The molecular formula is C22H28N2O2. The first-order valence-electron chi connectivity index (χ1n) is 9.43. The number of hydrogen-bond donors (Lipinski definition) is 1. The molecule has 26 heavy (non-hydrogen) atoms. The number of nitrogens with zero attached hydrogens (tertiary/aromatic N) is 2. The van der Waals surface area contributed by atoms with Gasteiger partial charge in [0.1, 0.15) is 24.3 Å². The number of imidazole rings is 1. The summed E-state index contributed by atoms with van der Waals surface area (Å²) >= 11 is 0. The molecule has 3 rings (SSSR count). The summed E-state index contributed by atoms with van der Waals surface area (Å²) in [5.74, 6) is 2.08. The fourth-order valence-corrected chi connectivity index (χ4v) is 3.22. The van der Waals surface area contributed by atoms with E-state index in [0.717, 1.165) is 35.4 Å². The van der Waals surface area contributed by atoms with Gasteiger partial charge in [0.25, 0.3) is 0 Å². The third kappa shape index (κ3) is 4.25. The van der Waals surface area contributed by atoms with Gasteiger partial charge in [0.2, 0.25) is 0 Å². The lowest BCUT2D eigenvalue weighted by atomic mass is 10.1. The van der Waals surface area contributed by atoms with Crippen LogP contribution in [0.25, 0.3) is 11.0 Å². The summed E-state index contributed by atoms with van der Waals surface area (Å²) in [6.45, 7) is 7.15. The molecule has 0 bridgehead atoms. The number of hydrogen-bond acceptors (Lipinski definition) is 3. The van der Waals surface area contributed by atoms with Crippen LogP contribution in [-0.4, -0.2) is 27.4 Å². The van der Waals surface area contributed by atoms with E-state index in [1.807, 2.05) is 36.4 Å². The van der Waals surface area contributed by atoms with Crippen LogP contribution >= 0.6 is 0 Å².